The van der Waals surface area contributed by atoms with Crippen molar-refractivity contribution in [3.05, 3.63) is 96.2 Å². The van der Waals surface area contributed by atoms with Gasteiger partial charge in [-0.2, -0.15) is 18.3 Å². The lowest BCUT2D eigenvalue weighted by atomic mass is 9.85. The number of hydrogen-bond donors (Lipinski definition) is 1. The quantitative estimate of drug-likeness (QED) is 0.365. The van der Waals surface area contributed by atoms with E-state index in [2.05, 4.69) is 15.4 Å². The number of carbonyl (C=O) groups excluding carboxylic acids is 2. The Morgan fingerprint density at radius 1 is 0.951 bits per heavy atom. The highest BCUT2D eigenvalue weighted by Crippen LogP contribution is 2.37. The molecule has 2 aliphatic heterocycles. The first-order valence-corrected chi connectivity index (χ1v) is 12.9. The molecule has 2 aromatic heterocycles. The van der Waals surface area contributed by atoms with Gasteiger partial charge < -0.3 is 15.1 Å². The van der Waals surface area contributed by atoms with E-state index in [9.17, 15) is 27.2 Å². The number of halogens is 4. The maximum Gasteiger partial charge on any atom is 0.416 e. The minimum atomic E-state index is -4.48. The van der Waals surface area contributed by atoms with Gasteiger partial charge in [0.15, 0.2) is 5.69 Å². The SMILES string of the molecule is O=C(c1cc(-c2cccnc2)n(-c2ccc(C(F)(F)F)cc2)n1)N1CCC2(CC1)C(=O)NCN2c1ccc(F)cc1. The van der Waals surface area contributed by atoms with Crippen LogP contribution in [-0.2, 0) is 11.0 Å². The molecule has 6 rings (SSSR count). The third-order valence-electron chi connectivity index (χ3n) is 7.68. The fraction of sp³-hybridized carbons (Fsp3) is 0.241. The van der Waals surface area contributed by atoms with Crippen LogP contribution in [0, 0.1) is 5.82 Å². The van der Waals surface area contributed by atoms with Crippen molar-refractivity contribution < 1.29 is 27.2 Å². The van der Waals surface area contributed by atoms with Crippen molar-refractivity contribution in [3.8, 4) is 16.9 Å². The van der Waals surface area contributed by atoms with Crippen LogP contribution in [0.25, 0.3) is 16.9 Å². The normalized spacial score (nSPS) is 16.7. The Morgan fingerprint density at radius 3 is 2.27 bits per heavy atom. The van der Waals surface area contributed by atoms with Crippen LogP contribution in [0.3, 0.4) is 0 Å². The number of alkyl halides is 3. The van der Waals surface area contributed by atoms with Crippen molar-refractivity contribution in [3.63, 3.8) is 0 Å². The van der Waals surface area contributed by atoms with Crippen LogP contribution in [0.15, 0.2) is 79.1 Å². The van der Waals surface area contributed by atoms with Crippen molar-refractivity contribution >= 4 is 17.5 Å². The zero-order chi connectivity index (χ0) is 28.8. The highest BCUT2D eigenvalue weighted by atomic mass is 19.4. The van der Waals surface area contributed by atoms with E-state index in [1.165, 1.54) is 28.9 Å². The number of aromatic nitrogens is 3. The van der Waals surface area contributed by atoms with E-state index in [0.29, 0.717) is 35.5 Å². The number of nitrogens with zero attached hydrogens (tertiary/aromatic N) is 5. The molecule has 0 unspecified atom stereocenters. The lowest BCUT2D eigenvalue weighted by Crippen LogP contribution is -2.57. The Balaban J connectivity index is 1.27. The number of anilines is 1. The molecule has 8 nitrogen and oxygen atoms in total. The minimum Gasteiger partial charge on any atom is -0.339 e. The first-order chi connectivity index (χ1) is 19.7. The second kappa shape index (κ2) is 10.0. The Morgan fingerprint density at radius 2 is 1.63 bits per heavy atom. The topological polar surface area (TPSA) is 83.4 Å². The summed E-state index contributed by atoms with van der Waals surface area (Å²) >= 11 is 0. The zero-order valence-electron chi connectivity index (χ0n) is 21.6. The number of likely N-dealkylation sites (tertiary alicyclic amines) is 1. The lowest BCUT2D eigenvalue weighted by molar-refractivity contribution is -0.137. The molecule has 2 amide bonds. The van der Waals surface area contributed by atoms with Gasteiger partial charge in [0, 0.05) is 36.7 Å². The van der Waals surface area contributed by atoms with E-state index in [4.69, 9.17) is 0 Å². The third-order valence-corrected chi connectivity index (χ3v) is 7.68. The van der Waals surface area contributed by atoms with Crippen molar-refractivity contribution in [2.45, 2.75) is 24.6 Å². The summed E-state index contributed by atoms with van der Waals surface area (Å²) < 4.78 is 54.3. The van der Waals surface area contributed by atoms with Crippen molar-refractivity contribution in [1.29, 1.82) is 0 Å². The van der Waals surface area contributed by atoms with Crippen LogP contribution in [0.5, 0.6) is 0 Å². The second-order valence-electron chi connectivity index (χ2n) is 10.0. The summed E-state index contributed by atoms with van der Waals surface area (Å²) in [5, 5.41) is 7.37. The van der Waals surface area contributed by atoms with Gasteiger partial charge in [0.05, 0.1) is 23.6 Å². The molecule has 0 bridgehead atoms. The summed E-state index contributed by atoms with van der Waals surface area (Å²) in [6.07, 6.45) is -0.594. The molecule has 0 saturated carbocycles. The Hall–Kier alpha value is -4.74. The number of carbonyl (C=O) groups is 2. The molecular formula is C29H24F4N6O2. The van der Waals surface area contributed by atoms with E-state index >= 15 is 0 Å². The van der Waals surface area contributed by atoms with Gasteiger partial charge in [0.2, 0.25) is 5.91 Å². The standard InChI is InChI=1S/C29H24F4N6O2/c30-21-5-9-22(10-6-21)38-18-35-27(41)28(38)11-14-37(15-12-28)26(40)24-16-25(19-2-1-13-34-17-19)39(36-24)23-7-3-20(4-8-23)29(31,32)33/h1-10,13,16-17H,11-12,14-15,18H2,(H,35,41). The predicted octanol–water partition coefficient (Wildman–Crippen LogP) is 4.66. The number of benzene rings is 2. The number of piperidine rings is 1. The molecule has 0 aliphatic carbocycles. The van der Waals surface area contributed by atoms with Gasteiger partial charge in [-0.1, -0.05) is 0 Å². The first-order valence-electron chi connectivity index (χ1n) is 12.9. The maximum atomic E-state index is 13.6. The average Bonchev–Trinajstić information content (AvgIpc) is 3.56. The van der Waals surface area contributed by atoms with Gasteiger partial charge in [-0.05, 0) is 79.6 Å². The number of hydrogen-bond acceptors (Lipinski definition) is 5. The molecule has 210 valence electrons. The predicted molar refractivity (Wildman–Crippen MR) is 142 cm³/mol. The Labute approximate surface area is 232 Å². The second-order valence-corrected chi connectivity index (χ2v) is 10.0. The van der Waals surface area contributed by atoms with Crippen LogP contribution >= 0.6 is 0 Å². The minimum absolute atomic E-state index is 0.117. The number of rotatable bonds is 4. The van der Waals surface area contributed by atoms with Crippen LogP contribution in [-0.4, -0.2) is 56.8 Å². The summed E-state index contributed by atoms with van der Waals surface area (Å²) in [4.78, 5) is 34.2. The van der Waals surface area contributed by atoms with Crippen molar-refractivity contribution in [2.24, 2.45) is 0 Å². The van der Waals surface area contributed by atoms with Crippen LogP contribution in [0.2, 0.25) is 0 Å². The number of pyridine rings is 1. The average molecular weight is 565 g/mol. The van der Waals surface area contributed by atoms with E-state index < -0.39 is 17.3 Å². The fourth-order valence-electron chi connectivity index (χ4n) is 5.48. The van der Waals surface area contributed by atoms with Crippen molar-refractivity contribution in [1.82, 2.24) is 25.0 Å². The van der Waals surface area contributed by atoms with Crippen LogP contribution in [0.4, 0.5) is 23.2 Å². The molecular weight excluding hydrogens is 540 g/mol. The molecule has 2 fully saturated rings. The summed E-state index contributed by atoms with van der Waals surface area (Å²) in [5.41, 5.74) is 0.648. The fourth-order valence-corrected chi connectivity index (χ4v) is 5.48. The molecule has 2 aliphatic rings. The largest absolute Gasteiger partial charge is 0.416 e. The maximum absolute atomic E-state index is 13.6. The Kier molecular flexibility index (Phi) is 6.47. The van der Waals surface area contributed by atoms with Gasteiger partial charge in [-0.3, -0.25) is 14.6 Å². The molecule has 2 saturated heterocycles. The van der Waals surface area contributed by atoms with Crippen LogP contribution < -0.4 is 10.2 Å². The first kappa shape index (κ1) is 26.5. The van der Waals surface area contributed by atoms with E-state index in [-0.39, 0.29) is 43.1 Å². The summed E-state index contributed by atoms with van der Waals surface area (Å²) in [5.74, 6) is -0.871. The summed E-state index contributed by atoms with van der Waals surface area (Å²) in [6, 6.07) is 15.6. The molecule has 4 aromatic rings. The number of amides is 2. The molecule has 1 N–H and O–H groups in total. The third kappa shape index (κ3) is 4.79. The zero-order valence-corrected chi connectivity index (χ0v) is 21.6. The highest BCUT2D eigenvalue weighted by Gasteiger charge is 2.51. The molecule has 0 atom stereocenters. The molecule has 2 aromatic carbocycles. The van der Waals surface area contributed by atoms with Gasteiger partial charge in [0.1, 0.15) is 11.4 Å². The summed E-state index contributed by atoms with van der Waals surface area (Å²) in [6.45, 7) is 0.836. The van der Waals surface area contributed by atoms with E-state index in [1.807, 2.05) is 4.90 Å². The molecule has 4 heterocycles. The molecule has 0 radical (unpaired) electrons. The van der Waals surface area contributed by atoms with Crippen molar-refractivity contribution in [2.75, 3.05) is 24.7 Å². The highest BCUT2D eigenvalue weighted by molar-refractivity contribution is 5.96. The van der Waals surface area contributed by atoms with Crippen LogP contribution in [0.1, 0.15) is 28.9 Å². The number of nitrogens with one attached hydrogen (secondary N) is 1. The Bertz CT molecular complexity index is 1580. The molecule has 12 heteroatoms. The smallest absolute Gasteiger partial charge is 0.339 e. The van der Waals surface area contributed by atoms with Gasteiger partial charge in [-0.25, -0.2) is 9.07 Å². The van der Waals surface area contributed by atoms with Gasteiger partial charge in [0.25, 0.3) is 5.91 Å². The molecule has 41 heavy (non-hydrogen) atoms. The summed E-state index contributed by atoms with van der Waals surface area (Å²) in [7, 11) is 0. The van der Waals surface area contributed by atoms with E-state index in [0.717, 1.165) is 12.1 Å². The van der Waals surface area contributed by atoms with E-state index in [1.54, 1.807) is 47.6 Å². The van der Waals surface area contributed by atoms with Gasteiger partial charge >= 0.3 is 6.18 Å². The van der Waals surface area contributed by atoms with Gasteiger partial charge in [-0.15, -0.1) is 0 Å². The molecule has 1 spiro atoms. The lowest BCUT2D eigenvalue weighted by Gasteiger charge is -2.43. The monoisotopic (exact) mass is 564 g/mol.